The number of aliphatic hydroxyl groups excluding tert-OH is 1. The van der Waals surface area contributed by atoms with Gasteiger partial charge < -0.3 is 15.1 Å². The molecule has 0 unspecified atom stereocenters. The predicted molar refractivity (Wildman–Crippen MR) is 106 cm³/mol. The minimum absolute atomic E-state index is 0.290. The molecule has 0 radical (unpaired) electrons. The maximum atomic E-state index is 12.0. The summed E-state index contributed by atoms with van der Waals surface area (Å²) in [6, 6.07) is 8.25. The Labute approximate surface area is 158 Å². The van der Waals surface area contributed by atoms with Gasteiger partial charge in [0.1, 0.15) is 11.2 Å². The number of piperidine rings is 1. The minimum atomic E-state index is -1.12. The highest BCUT2D eigenvalue weighted by Gasteiger charge is 2.48. The van der Waals surface area contributed by atoms with Gasteiger partial charge in [-0.05, 0) is 55.9 Å². The van der Waals surface area contributed by atoms with Crippen molar-refractivity contribution in [3.05, 3.63) is 29.8 Å². The van der Waals surface area contributed by atoms with Gasteiger partial charge in [0.25, 0.3) is 0 Å². The number of benzene rings is 1. The zero-order chi connectivity index (χ0) is 18.9. The lowest BCUT2D eigenvalue weighted by molar-refractivity contribution is -0.158. The van der Waals surface area contributed by atoms with E-state index in [0.29, 0.717) is 19.4 Å². The van der Waals surface area contributed by atoms with Crippen LogP contribution < -0.4 is 4.90 Å². The number of carboxylic acids is 1. The molecule has 2 aromatic rings. The van der Waals surface area contributed by atoms with E-state index in [-0.39, 0.29) is 6.54 Å². The Hall–Kier alpha value is -1.79. The third-order valence-corrected chi connectivity index (χ3v) is 6.16. The standard InChI is InChI=1S/C20H26N2O3S/c1-4-8-20(19(24)25)12-22(9-7-17(20)23)18-10-13(2)15-11-14(26-3)5-6-16(15)21-18/h5-6,10-11,17,23H,4,7-9,12H2,1-3H3,(H,24,25)/t17-,20-/m0/s1. The van der Waals surface area contributed by atoms with Gasteiger partial charge in [0.05, 0.1) is 11.6 Å². The second-order valence-electron chi connectivity index (χ2n) is 7.12. The molecule has 2 atom stereocenters. The first kappa shape index (κ1) is 19.0. The van der Waals surface area contributed by atoms with E-state index < -0.39 is 17.5 Å². The molecule has 0 aliphatic carbocycles. The number of hydrogen-bond acceptors (Lipinski definition) is 5. The van der Waals surface area contributed by atoms with Gasteiger partial charge in [-0.25, -0.2) is 4.98 Å². The van der Waals surface area contributed by atoms with Crippen LogP contribution in [0.2, 0.25) is 0 Å². The number of anilines is 1. The van der Waals surface area contributed by atoms with Crippen molar-refractivity contribution in [2.24, 2.45) is 5.41 Å². The molecule has 5 nitrogen and oxygen atoms in total. The van der Waals surface area contributed by atoms with Crippen LogP contribution in [0.25, 0.3) is 10.9 Å². The lowest BCUT2D eigenvalue weighted by Gasteiger charge is -2.44. The quantitative estimate of drug-likeness (QED) is 0.777. The van der Waals surface area contributed by atoms with Gasteiger partial charge in [-0.2, -0.15) is 0 Å². The molecule has 6 heteroatoms. The minimum Gasteiger partial charge on any atom is -0.481 e. The molecule has 1 aliphatic rings. The second kappa shape index (κ2) is 7.45. The molecule has 0 spiro atoms. The van der Waals surface area contributed by atoms with Crippen LogP contribution in [-0.4, -0.2) is 46.6 Å². The number of carboxylic acid groups (broad SMARTS) is 1. The van der Waals surface area contributed by atoms with Crippen LogP contribution in [0.1, 0.15) is 31.7 Å². The normalized spacial score (nSPS) is 23.4. The average Bonchev–Trinajstić information content (AvgIpc) is 2.63. The highest BCUT2D eigenvalue weighted by atomic mass is 32.2. The SMILES string of the molecule is CCC[C@]1(C(=O)O)CN(c2cc(C)c3cc(SC)ccc3n2)CC[C@@H]1O. The fourth-order valence-electron chi connectivity index (χ4n) is 3.93. The molecule has 1 fully saturated rings. The van der Waals surface area contributed by atoms with Crippen molar-refractivity contribution < 1.29 is 15.0 Å². The zero-order valence-electron chi connectivity index (χ0n) is 15.5. The molecule has 1 saturated heterocycles. The molecule has 2 heterocycles. The number of thioether (sulfide) groups is 1. The van der Waals surface area contributed by atoms with Crippen molar-refractivity contribution in [3.63, 3.8) is 0 Å². The van der Waals surface area contributed by atoms with Crippen LogP contribution in [-0.2, 0) is 4.79 Å². The van der Waals surface area contributed by atoms with Crippen LogP contribution in [0.4, 0.5) is 5.82 Å². The number of aromatic nitrogens is 1. The third kappa shape index (κ3) is 3.28. The molecule has 26 heavy (non-hydrogen) atoms. The Morgan fingerprint density at radius 1 is 1.42 bits per heavy atom. The summed E-state index contributed by atoms with van der Waals surface area (Å²) in [5, 5.41) is 21.4. The van der Waals surface area contributed by atoms with E-state index in [2.05, 4.69) is 25.3 Å². The van der Waals surface area contributed by atoms with Crippen molar-refractivity contribution in [1.29, 1.82) is 0 Å². The van der Waals surface area contributed by atoms with Gasteiger partial charge in [-0.15, -0.1) is 11.8 Å². The predicted octanol–water partition coefficient (Wildman–Crippen LogP) is 3.71. The van der Waals surface area contributed by atoms with E-state index in [1.54, 1.807) is 11.8 Å². The number of nitrogens with zero attached hydrogens (tertiary/aromatic N) is 2. The number of carbonyl (C=O) groups is 1. The van der Waals surface area contributed by atoms with Crippen LogP contribution in [0.15, 0.2) is 29.2 Å². The Morgan fingerprint density at radius 3 is 2.85 bits per heavy atom. The summed E-state index contributed by atoms with van der Waals surface area (Å²) in [5.41, 5.74) is 0.920. The van der Waals surface area contributed by atoms with Gasteiger partial charge in [0.2, 0.25) is 0 Å². The smallest absolute Gasteiger partial charge is 0.314 e. The van der Waals surface area contributed by atoms with Gasteiger partial charge >= 0.3 is 5.97 Å². The Balaban J connectivity index is 1.99. The highest BCUT2D eigenvalue weighted by molar-refractivity contribution is 7.98. The first-order chi connectivity index (χ1) is 12.4. The molecule has 0 saturated carbocycles. The van der Waals surface area contributed by atoms with Gasteiger partial charge in [0, 0.05) is 23.4 Å². The molecular weight excluding hydrogens is 348 g/mol. The van der Waals surface area contributed by atoms with Crippen molar-refractivity contribution in [2.75, 3.05) is 24.2 Å². The third-order valence-electron chi connectivity index (χ3n) is 5.44. The topological polar surface area (TPSA) is 73.7 Å². The van der Waals surface area contributed by atoms with Crippen molar-refractivity contribution >= 4 is 34.5 Å². The summed E-state index contributed by atoms with van der Waals surface area (Å²) in [4.78, 5) is 20.0. The fraction of sp³-hybridized carbons (Fsp3) is 0.500. The van der Waals surface area contributed by atoms with E-state index in [1.807, 2.05) is 24.0 Å². The molecule has 1 aromatic carbocycles. The number of fused-ring (bicyclic) bond motifs is 1. The molecule has 1 aliphatic heterocycles. The van der Waals surface area contributed by atoms with E-state index in [9.17, 15) is 15.0 Å². The van der Waals surface area contributed by atoms with Crippen LogP contribution >= 0.6 is 11.8 Å². The highest BCUT2D eigenvalue weighted by Crippen LogP contribution is 2.37. The van der Waals surface area contributed by atoms with E-state index in [0.717, 1.165) is 28.7 Å². The molecule has 0 amide bonds. The fourth-order valence-corrected chi connectivity index (χ4v) is 4.37. The maximum absolute atomic E-state index is 12.0. The Morgan fingerprint density at radius 2 is 2.19 bits per heavy atom. The van der Waals surface area contributed by atoms with E-state index >= 15 is 0 Å². The summed E-state index contributed by atoms with van der Waals surface area (Å²) in [6.07, 6.45) is 2.86. The van der Waals surface area contributed by atoms with Crippen LogP contribution in [0.5, 0.6) is 0 Å². The van der Waals surface area contributed by atoms with E-state index in [1.165, 1.54) is 4.90 Å². The summed E-state index contributed by atoms with van der Waals surface area (Å²) in [6.45, 7) is 4.92. The van der Waals surface area contributed by atoms with Crippen LogP contribution in [0.3, 0.4) is 0 Å². The van der Waals surface area contributed by atoms with E-state index in [4.69, 9.17) is 4.98 Å². The Bertz CT molecular complexity index is 826. The van der Waals surface area contributed by atoms with Crippen LogP contribution in [0, 0.1) is 12.3 Å². The number of rotatable bonds is 5. The number of aliphatic hydroxyl groups is 1. The lowest BCUT2D eigenvalue weighted by Crippen LogP contribution is -2.56. The number of aryl methyl sites for hydroxylation is 1. The Kier molecular flexibility index (Phi) is 5.44. The molecule has 140 valence electrons. The first-order valence-corrected chi connectivity index (χ1v) is 10.3. The average molecular weight is 375 g/mol. The summed E-state index contributed by atoms with van der Waals surface area (Å²) in [5.74, 6) is -0.126. The molecule has 1 aromatic heterocycles. The summed E-state index contributed by atoms with van der Waals surface area (Å²) < 4.78 is 0. The van der Waals surface area contributed by atoms with Gasteiger partial charge in [0.15, 0.2) is 0 Å². The van der Waals surface area contributed by atoms with Gasteiger partial charge in [-0.3, -0.25) is 4.79 Å². The number of aliphatic carboxylic acids is 1. The summed E-state index contributed by atoms with van der Waals surface area (Å²) >= 11 is 1.70. The zero-order valence-corrected chi connectivity index (χ0v) is 16.3. The monoisotopic (exact) mass is 374 g/mol. The summed E-state index contributed by atoms with van der Waals surface area (Å²) in [7, 11) is 0. The first-order valence-electron chi connectivity index (χ1n) is 9.03. The van der Waals surface area contributed by atoms with Crippen molar-refractivity contribution in [1.82, 2.24) is 4.98 Å². The molecule has 0 bridgehead atoms. The van der Waals surface area contributed by atoms with Gasteiger partial charge in [-0.1, -0.05) is 13.3 Å². The van der Waals surface area contributed by atoms with Crippen molar-refractivity contribution in [2.45, 2.75) is 44.1 Å². The number of hydrogen-bond donors (Lipinski definition) is 2. The molecule has 2 N–H and O–H groups in total. The second-order valence-corrected chi connectivity index (χ2v) is 8.00. The molecule has 3 rings (SSSR count). The largest absolute Gasteiger partial charge is 0.481 e. The molecular formula is C20H26N2O3S. The lowest BCUT2D eigenvalue weighted by atomic mass is 9.74. The van der Waals surface area contributed by atoms with Crippen molar-refractivity contribution in [3.8, 4) is 0 Å². The number of pyridine rings is 1. The maximum Gasteiger partial charge on any atom is 0.314 e.